The molecule has 0 atom stereocenters. The van der Waals surface area contributed by atoms with Crippen molar-refractivity contribution in [3.63, 3.8) is 0 Å². The van der Waals surface area contributed by atoms with Gasteiger partial charge in [0.05, 0.1) is 0 Å². The van der Waals surface area contributed by atoms with Gasteiger partial charge in [-0.05, 0) is 36.2 Å². The molecule has 0 saturated carbocycles. The smallest absolute Gasteiger partial charge is 0.278 e. The molecule has 0 radical (unpaired) electrons. The lowest BCUT2D eigenvalue weighted by atomic mass is 10.1. The van der Waals surface area contributed by atoms with Gasteiger partial charge in [0.25, 0.3) is 5.89 Å². The first-order valence-electron chi connectivity index (χ1n) is 6.29. The Labute approximate surface area is 124 Å². The van der Waals surface area contributed by atoms with Gasteiger partial charge in [-0.25, -0.2) is 0 Å². The summed E-state index contributed by atoms with van der Waals surface area (Å²) in [5.74, 6) is 1.36. The normalized spacial score (nSPS) is 11.2. The Kier molecular flexibility index (Phi) is 3.40. The van der Waals surface area contributed by atoms with Crippen LogP contribution in [-0.4, -0.2) is 20.3 Å². The fourth-order valence-corrected chi connectivity index (χ4v) is 2.05. The Morgan fingerprint density at radius 2 is 1.95 bits per heavy atom. The predicted molar refractivity (Wildman–Crippen MR) is 79.1 cm³/mol. The number of hydrogen-bond donors (Lipinski definition) is 1. The van der Waals surface area contributed by atoms with E-state index in [1.807, 2.05) is 30.3 Å². The third-order valence-electron chi connectivity index (χ3n) is 2.97. The lowest BCUT2D eigenvalue weighted by Gasteiger charge is -1.95. The molecule has 6 heteroatoms. The highest BCUT2D eigenvalue weighted by molar-refractivity contribution is 9.10. The molecule has 0 aliphatic carbocycles. The van der Waals surface area contributed by atoms with Gasteiger partial charge in [-0.1, -0.05) is 34.9 Å². The zero-order valence-corrected chi connectivity index (χ0v) is 12.7. The summed E-state index contributed by atoms with van der Waals surface area (Å²) >= 11 is 3.40. The maximum atomic E-state index is 5.27. The van der Waals surface area contributed by atoms with E-state index in [4.69, 9.17) is 4.52 Å². The molecule has 0 aliphatic heterocycles. The van der Waals surface area contributed by atoms with Crippen LogP contribution in [0.3, 0.4) is 0 Å². The van der Waals surface area contributed by atoms with Gasteiger partial charge >= 0.3 is 0 Å². The van der Waals surface area contributed by atoms with E-state index in [1.165, 1.54) is 0 Å². The SMILES string of the molecule is CC(C)c1cc(-c2nc(-c3ccc(Br)cc3)no2)n[nH]1. The summed E-state index contributed by atoms with van der Waals surface area (Å²) in [7, 11) is 0. The van der Waals surface area contributed by atoms with Crippen molar-refractivity contribution in [2.75, 3.05) is 0 Å². The number of aromatic amines is 1. The molecule has 20 heavy (non-hydrogen) atoms. The van der Waals surface area contributed by atoms with Crippen molar-refractivity contribution in [3.8, 4) is 23.0 Å². The number of hydrogen-bond acceptors (Lipinski definition) is 4. The second-order valence-corrected chi connectivity index (χ2v) is 5.71. The van der Waals surface area contributed by atoms with E-state index in [-0.39, 0.29) is 0 Å². The molecule has 1 aromatic carbocycles. The first kappa shape index (κ1) is 13.1. The molecular weight excluding hydrogens is 320 g/mol. The summed E-state index contributed by atoms with van der Waals surface area (Å²) in [6.45, 7) is 4.19. The molecule has 0 aliphatic rings. The molecule has 5 nitrogen and oxygen atoms in total. The summed E-state index contributed by atoms with van der Waals surface area (Å²) in [4.78, 5) is 4.38. The highest BCUT2D eigenvalue weighted by Gasteiger charge is 2.14. The molecule has 3 rings (SSSR count). The number of halogens is 1. The second-order valence-electron chi connectivity index (χ2n) is 4.79. The van der Waals surface area contributed by atoms with Gasteiger partial charge in [0.15, 0.2) is 5.69 Å². The van der Waals surface area contributed by atoms with E-state index >= 15 is 0 Å². The number of nitrogens with one attached hydrogen (secondary N) is 1. The van der Waals surface area contributed by atoms with Gasteiger partial charge in [-0.3, -0.25) is 5.10 Å². The van der Waals surface area contributed by atoms with E-state index in [1.54, 1.807) is 0 Å². The maximum Gasteiger partial charge on any atom is 0.278 e. The number of benzene rings is 1. The van der Waals surface area contributed by atoms with Gasteiger partial charge in [0.1, 0.15) is 0 Å². The van der Waals surface area contributed by atoms with Crippen LogP contribution in [0.15, 0.2) is 39.3 Å². The molecule has 0 fully saturated rings. The van der Waals surface area contributed by atoms with Crippen molar-refractivity contribution in [3.05, 3.63) is 40.5 Å². The maximum absolute atomic E-state index is 5.27. The van der Waals surface area contributed by atoms with E-state index in [0.29, 0.717) is 23.3 Å². The van der Waals surface area contributed by atoms with Gasteiger partial charge in [-0.15, -0.1) is 0 Å². The quantitative estimate of drug-likeness (QED) is 0.786. The highest BCUT2D eigenvalue weighted by atomic mass is 79.9. The zero-order valence-electron chi connectivity index (χ0n) is 11.1. The summed E-state index contributed by atoms with van der Waals surface area (Å²) in [5, 5.41) is 11.2. The summed E-state index contributed by atoms with van der Waals surface area (Å²) in [6.07, 6.45) is 0. The van der Waals surface area contributed by atoms with Gasteiger partial charge in [-0.2, -0.15) is 10.1 Å². The standard InChI is InChI=1S/C14H13BrN4O/c1-8(2)11-7-12(18-17-11)14-16-13(19-20-14)9-3-5-10(15)6-4-9/h3-8H,1-2H3,(H,17,18). The van der Waals surface area contributed by atoms with Crippen LogP contribution in [0.2, 0.25) is 0 Å². The number of H-pyrrole nitrogens is 1. The highest BCUT2D eigenvalue weighted by Crippen LogP contribution is 2.24. The second kappa shape index (κ2) is 5.20. The van der Waals surface area contributed by atoms with E-state index < -0.39 is 0 Å². The molecular formula is C14H13BrN4O. The molecule has 2 aromatic heterocycles. The first-order chi connectivity index (χ1) is 9.63. The molecule has 0 unspecified atom stereocenters. The molecule has 0 spiro atoms. The third kappa shape index (κ3) is 2.51. The van der Waals surface area contributed by atoms with Crippen LogP contribution < -0.4 is 0 Å². The van der Waals surface area contributed by atoms with Crippen molar-refractivity contribution in [2.24, 2.45) is 0 Å². The molecule has 3 aromatic rings. The van der Waals surface area contributed by atoms with E-state index in [0.717, 1.165) is 15.7 Å². The number of rotatable bonds is 3. The third-order valence-corrected chi connectivity index (χ3v) is 3.50. The molecule has 1 N–H and O–H groups in total. The minimum Gasteiger partial charge on any atom is -0.332 e. The Bertz CT molecular complexity index is 715. The molecule has 0 bridgehead atoms. The van der Waals surface area contributed by atoms with Crippen molar-refractivity contribution in [1.82, 2.24) is 20.3 Å². The molecule has 2 heterocycles. The lowest BCUT2D eigenvalue weighted by Crippen LogP contribution is -1.85. The lowest BCUT2D eigenvalue weighted by molar-refractivity contribution is 0.431. The van der Waals surface area contributed by atoms with Crippen LogP contribution in [-0.2, 0) is 0 Å². The van der Waals surface area contributed by atoms with Crippen molar-refractivity contribution < 1.29 is 4.52 Å². The van der Waals surface area contributed by atoms with Crippen LogP contribution in [0.1, 0.15) is 25.5 Å². The molecule has 0 amide bonds. The monoisotopic (exact) mass is 332 g/mol. The molecule has 102 valence electrons. The van der Waals surface area contributed by atoms with Crippen molar-refractivity contribution >= 4 is 15.9 Å². The number of aromatic nitrogens is 4. The summed E-state index contributed by atoms with van der Waals surface area (Å²) in [5.41, 5.74) is 2.62. The van der Waals surface area contributed by atoms with Crippen LogP contribution in [0.25, 0.3) is 23.0 Å². The zero-order chi connectivity index (χ0) is 14.1. The van der Waals surface area contributed by atoms with Gasteiger partial charge in [0.2, 0.25) is 5.82 Å². The Morgan fingerprint density at radius 1 is 1.20 bits per heavy atom. The van der Waals surface area contributed by atoms with E-state index in [9.17, 15) is 0 Å². The average Bonchev–Trinajstić information content (AvgIpc) is 3.08. The fraction of sp³-hybridized carbons (Fsp3) is 0.214. The number of nitrogens with zero attached hydrogens (tertiary/aromatic N) is 3. The minimum absolute atomic E-state index is 0.380. The Balaban J connectivity index is 1.91. The van der Waals surface area contributed by atoms with E-state index in [2.05, 4.69) is 50.1 Å². The average molecular weight is 333 g/mol. The van der Waals surface area contributed by atoms with Crippen LogP contribution in [0.4, 0.5) is 0 Å². The predicted octanol–water partition coefficient (Wildman–Crippen LogP) is 4.01. The molecule has 0 saturated heterocycles. The largest absolute Gasteiger partial charge is 0.332 e. The van der Waals surface area contributed by atoms with Gasteiger partial charge in [0, 0.05) is 15.7 Å². The Hall–Kier alpha value is -1.95. The van der Waals surface area contributed by atoms with Gasteiger partial charge < -0.3 is 4.52 Å². The van der Waals surface area contributed by atoms with Crippen LogP contribution in [0.5, 0.6) is 0 Å². The first-order valence-corrected chi connectivity index (χ1v) is 7.08. The van der Waals surface area contributed by atoms with Crippen LogP contribution >= 0.6 is 15.9 Å². The topological polar surface area (TPSA) is 67.6 Å². The van der Waals surface area contributed by atoms with Crippen molar-refractivity contribution in [1.29, 1.82) is 0 Å². The summed E-state index contributed by atoms with van der Waals surface area (Å²) < 4.78 is 6.29. The summed E-state index contributed by atoms with van der Waals surface area (Å²) in [6, 6.07) is 9.68. The van der Waals surface area contributed by atoms with Crippen LogP contribution in [0, 0.1) is 0 Å². The van der Waals surface area contributed by atoms with Crippen molar-refractivity contribution in [2.45, 2.75) is 19.8 Å². The minimum atomic E-state index is 0.380. The Morgan fingerprint density at radius 3 is 2.60 bits per heavy atom. The fourth-order valence-electron chi connectivity index (χ4n) is 1.79.